The van der Waals surface area contributed by atoms with Crippen molar-refractivity contribution in [2.24, 2.45) is 0 Å². The van der Waals surface area contributed by atoms with Crippen LogP contribution in [0.25, 0.3) is 11.3 Å². The third-order valence-electron chi connectivity index (χ3n) is 5.17. The lowest BCUT2D eigenvalue weighted by atomic mass is 10.1. The second-order valence-corrected chi connectivity index (χ2v) is 8.40. The number of nitrogens with zero attached hydrogens (tertiary/aromatic N) is 2. The molecule has 0 saturated carbocycles. The normalized spacial score (nSPS) is 15.4. The van der Waals surface area contributed by atoms with Gasteiger partial charge in [-0.15, -0.1) is 0 Å². The first-order valence-corrected chi connectivity index (χ1v) is 10.8. The lowest BCUT2D eigenvalue weighted by Crippen LogP contribution is -2.37. The number of likely N-dealkylation sites (tertiary alicyclic amines) is 1. The van der Waals surface area contributed by atoms with Gasteiger partial charge < -0.3 is 9.84 Å². The van der Waals surface area contributed by atoms with Gasteiger partial charge in [0.15, 0.2) is 11.5 Å². The number of carbonyl (C=O) groups is 1. The zero-order valence-electron chi connectivity index (χ0n) is 15.8. The molecular formula is C22H21BrClN3O2. The number of halogens is 2. The van der Waals surface area contributed by atoms with Gasteiger partial charge in [0.1, 0.15) is 0 Å². The van der Waals surface area contributed by atoms with Gasteiger partial charge in [0.25, 0.3) is 5.91 Å². The molecule has 4 rings (SSSR count). The van der Waals surface area contributed by atoms with Crippen LogP contribution in [0.5, 0.6) is 0 Å². The molecule has 1 aliphatic rings. The highest BCUT2D eigenvalue weighted by molar-refractivity contribution is 9.10. The van der Waals surface area contributed by atoms with E-state index in [2.05, 4.69) is 31.3 Å². The Morgan fingerprint density at radius 3 is 2.62 bits per heavy atom. The summed E-state index contributed by atoms with van der Waals surface area (Å²) in [5.74, 6) is 0.304. The standard InChI is InChI=1S/C22H21BrClN3O2/c23-16-9-7-15(8-10-16)21-13-19(26-29-21)22(28)25-14-20(27-11-3-4-12-27)17-5-1-2-6-18(17)24/h1-2,5-10,13,20H,3-4,11-12,14H2,(H,25,28)/t20-/m0/s1. The lowest BCUT2D eigenvalue weighted by Gasteiger charge is -2.28. The van der Waals surface area contributed by atoms with Crippen molar-refractivity contribution in [3.05, 3.63) is 75.4 Å². The molecule has 1 aromatic heterocycles. The van der Waals surface area contributed by atoms with E-state index in [0.717, 1.165) is 46.6 Å². The van der Waals surface area contributed by atoms with Crippen molar-refractivity contribution in [2.45, 2.75) is 18.9 Å². The van der Waals surface area contributed by atoms with Gasteiger partial charge in [0.2, 0.25) is 0 Å². The topological polar surface area (TPSA) is 58.4 Å². The number of carbonyl (C=O) groups excluding carboxylic acids is 1. The van der Waals surface area contributed by atoms with Crippen LogP contribution < -0.4 is 5.32 Å². The van der Waals surface area contributed by atoms with Crippen LogP contribution in [0, 0.1) is 0 Å². The van der Waals surface area contributed by atoms with E-state index in [1.165, 1.54) is 0 Å². The third-order valence-corrected chi connectivity index (χ3v) is 6.05. The number of nitrogens with one attached hydrogen (secondary N) is 1. The minimum absolute atomic E-state index is 0.0352. The number of aromatic nitrogens is 1. The summed E-state index contributed by atoms with van der Waals surface area (Å²) in [6.07, 6.45) is 2.32. The maximum atomic E-state index is 12.7. The summed E-state index contributed by atoms with van der Waals surface area (Å²) in [5, 5.41) is 7.67. The fourth-order valence-electron chi connectivity index (χ4n) is 3.65. The Labute approximate surface area is 183 Å². The smallest absolute Gasteiger partial charge is 0.273 e. The Morgan fingerprint density at radius 2 is 1.90 bits per heavy atom. The Hall–Kier alpha value is -2.15. The summed E-state index contributed by atoms with van der Waals surface area (Å²) in [6, 6.07) is 17.2. The van der Waals surface area contributed by atoms with Crippen molar-refractivity contribution in [1.82, 2.24) is 15.4 Å². The molecule has 7 heteroatoms. The molecule has 2 aromatic carbocycles. The molecule has 0 aliphatic carbocycles. The van der Waals surface area contributed by atoms with Crippen LogP contribution in [-0.2, 0) is 0 Å². The van der Waals surface area contributed by atoms with Gasteiger partial charge in [-0.3, -0.25) is 9.69 Å². The molecule has 0 bridgehead atoms. The molecule has 2 heterocycles. The highest BCUT2D eigenvalue weighted by atomic mass is 79.9. The predicted molar refractivity (Wildman–Crippen MR) is 117 cm³/mol. The summed E-state index contributed by atoms with van der Waals surface area (Å²) in [7, 11) is 0. The summed E-state index contributed by atoms with van der Waals surface area (Å²) < 4.78 is 6.34. The average Bonchev–Trinajstić information content (AvgIpc) is 3.42. The molecule has 150 valence electrons. The molecule has 0 radical (unpaired) electrons. The molecule has 3 aromatic rings. The van der Waals surface area contributed by atoms with Gasteiger partial charge >= 0.3 is 0 Å². The number of amides is 1. The van der Waals surface area contributed by atoms with Crippen molar-refractivity contribution in [2.75, 3.05) is 19.6 Å². The first-order chi connectivity index (χ1) is 14.1. The van der Waals surface area contributed by atoms with Gasteiger partial charge in [-0.2, -0.15) is 0 Å². The van der Waals surface area contributed by atoms with E-state index in [1.54, 1.807) is 6.07 Å². The fraction of sp³-hybridized carbons (Fsp3) is 0.273. The minimum atomic E-state index is -0.256. The number of hydrogen-bond acceptors (Lipinski definition) is 4. The SMILES string of the molecule is O=C(NC[C@@H](c1ccccc1Cl)N1CCCC1)c1cc(-c2ccc(Br)cc2)on1. The van der Waals surface area contributed by atoms with Crippen molar-refractivity contribution in [3.63, 3.8) is 0 Å². The molecule has 0 unspecified atom stereocenters. The maximum Gasteiger partial charge on any atom is 0.273 e. The maximum absolute atomic E-state index is 12.7. The number of rotatable bonds is 6. The van der Waals surface area contributed by atoms with E-state index < -0.39 is 0 Å². The first kappa shape index (κ1) is 20.1. The summed E-state index contributed by atoms with van der Waals surface area (Å²) >= 11 is 9.85. The molecular weight excluding hydrogens is 454 g/mol. The van der Waals surface area contributed by atoms with Crippen LogP contribution in [0.4, 0.5) is 0 Å². The second kappa shape index (κ2) is 9.11. The zero-order chi connectivity index (χ0) is 20.2. The van der Waals surface area contributed by atoms with Gasteiger partial charge in [0, 0.05) is 27.7 Å². The summed E-state index contributed by atoms with van der Waals surface area (Å²) in [6.45, 7) is 2.47. The van der Waals surface area contributed by atoms with Gasteiger partial charge in [-0.25, -0.2) is 0 Å². The molecule has 29 heavy (non-hydrogen) atoms. The number of hydrogen-bond donors (Lipinski definition) is 1. The van der Waals surface area contributed by atoms with Gasteiger partial charge in [0.05, 0.1) is 6.04 Å². The van der Waals surface area contributed by atoms with Crippen LogP contribution in [0.15, 0.2) is 63.6 Å². The summed E-state index contributed by atoms with van der Waals surface area (Å²) in [5.41, 5.74) is 2.17. The summed E-state index contributed by atoms with van der Waals surface area (Å²) in [4.78, 5) is 15.1. The monoisotopic (exact) mass is 473 g/mol. The Bertz CT molecular complexity index is 984. The van der Waals surface area contributed by atoms with E-state index in [1.807, 2.05) is 48.5 Å². The van der Waals surface area contributed by atoms with Crippen molar-refractivity contribution in [1.29, 1.82) is 0 Å². The Kier molecular flexibility index (Phi) is 6.33. The largest absolute Gasteiger partial charge is 0.355 e. The zero-order valence-corrected chi connectivity index (χ0v) is 18.1. The van der Waals surface area contributed by atoms with E-state index in [-0.39, 0.29) is 17.6 Å². The Morgan fingerprint density at radius 1 is 1.17 bits per heavy atom. The van der Waals surface area contributed by atoms with Crippen molar-refractivity contribution >= 4 is 33.4 Å². The molecule has 0 spiro atoms. The molecule has 1 fully saturated rings. The van der Waals surface area contributed by atoms with Gasteiger partial charge in [-0.05, 0) is 49.7 Å². The molecule has 1 saturated heterocycles. The van der Waals surface area contributed by atoms with Crippen molar-refractivity contribution < 1.29 is 9.32 Å². The van der Waals surface area contributed by atoms with Crippen LogP contribution in [0.1, 0.15) is 34.9 Å². The van der Waals surface area contributed by atoms with E-state index in [0.29, 0.717) is 12.3 Å². The van der Waals surface area contributed by atoms with E-state index in [4.69, 9.17) is 16.1 Å². The van der Waals surface area contributed by atoms with Crippen LogP contribution in [0.3, 0.4) is 0 Å². The van der Waals surface area contributed by atoms with Crippen LogP contribution in [0.2, 0.25) is 5.02 Å². The van der Waals surface area contributed by atoms with E-state index in [9.17, 15) is 4.79 Å². The molecule has 1 atom stereocenters. The average molecular weight is 475 g/mol. The van der Waals surface area contributed by atoms with Crippen molar-refractivity contribution in [3.8, 4) is 11.3 Å². The molecule has 1 amide bonds. The minimum Gasteiger partial charge on any atom is -0.355 e. The van der Waals surface area contributed by atoms with Crippen LogP contribution >= 0.6 is 27.5 Å². The second-order valence-electron chi connectivity index (χ2n) is 7.07. The first-order valence-electron chi connectivity index (χ1n) is 9.61. The Balaban J connectivity index is 1.47. The highest BCUT2D eigenvalue weighted by Crippen LogP contribution is 2.30. The molecule has 5 nitrogen and oxygen atoms in total. The molecule has 1 N–H and O–H groups in total. The lowest BCUT2D eigenvalue weighted by molar-refractivity contribution is 0.0929. The molecule has 1 aliphatic heterocycles. The fourth-order valence-corrected chi connectivity index (χ4v) is 4.17. The van der Waals surface area contributed by atoms with Gasteiger partial charge in [-0.1, -0.05) is 63.0 Å². The third kappa shape index (κ3) is 4.71. The van der Waals surface area contributed by atoms with Crippen LogP contribution in [-0.4, -0.2) is 35.6 Å². The highest BCUT2D eigenvalue weighted by Gasteiger charge is 2.26. The number of benzene rings is 2. The van der Waals surface area contributed by atoms with E-state index >= 15 is 0 Å². The quantitative estimate of drug-likeness (QED) is 0.525. The predicted octanol–water partition coefficient (Wildman–Crippen LogP) is 5.32.